The number of hydrogen-bond acceptors (Lipinski definition) is 1. The van der Waals surface area contributed by atoms with Gasteiger partial charge in [0, 0.05) is 0 Å². The molecule has 2 heteroatoms. The molecule has 1 fully saturated rings. The highest BCUT2D eigenvalue weighted by molar-refractivity contribution is 7.43. The van der Waals surface area contributed by atoms with Gasteiger partial charge in [-0.3, -0.25) is 0 Å². The zero-order valence-corrected chi connectivity index (χ0v) is 8.98. The monoisotopic (exact) mass is 187 g/mol. The average Bonchev–Trinajstić information content (AvgIpc) is 2.05. The van der Waals surface area contributed by atoms with E-state index >= 15 is 0 Å². The van der Waals surface area contributed by atoms with Crippen LogP contribution in [-0.2, 0) is 4.57 Å². The predicted molar refractivity (Wildman–Crippen MR) is 54.2 cm³/mol. The molecule has 0 aromatic carbocycles. The summed E-state index contributed by atoms with van der Waals surface area (Å²) in [5, 5.41) is 0. The second-order valence-electron chi connectivity index (χ2n) is 4.00. The molecule has 70 valence electrons. The van der Waals surface area contributed by atoms with E-state index in [2.05, 4.69) is 0 Å². The van der Waals surface area contributed by atoms with Gasteiger partial charge in [-0.1, -0.05) is 36.7 Å². The number of hydrogen-bond donors (Lipinski definition) is 0. The molecule has 0 N–H and O–H groups in total. The number of rotatable bonds is 4. The Balaban J connectivity index is 2.01. The van der Waals surface area contributed by atoms with E-state index in [1.807, 2.05) is 6.66 Å². The van der Waals surface area contributed by atoms with Gasteiger partial charge in [-0.15, -0.1) is 0 Å². The molecule has 0 bridgehead atoms. The molecule has 1 unspecified atom stereocenters. The van der Waals surface area contributed by atoms with Gasteiger partial charge in [0.25, 0.3) is 0 Å². The third kappa shape index (κ3) is 4.21. The summed E-state index contributed by atoms with van der Waals surface area (Å²) in [6.45, 7) is 1.84. The maximum absolute atomic E-state index is 10.8. The maximum Gasteiger partial charge on any atom is 0.335 e. The Hall–Kier alpha value is 0.100. The molecule has 0 heterocycles. The SMILES string of the molecule is C[P+](=O)CCCC1CCCCC1. The van der Waals surface area contributed by atoms with Gasteiger partial charge in [0.2, 0.25) is 0 Å². The molecule has 1 nitrogen and oxygen atoms in total. The molecule has 0 spiro atoms. The van der Waals surface area contributed by atoms with Crippen LogP contribution >= 0.6 is 7.80 Å². The molecule has 1 saturated carbocycles. The average molecular weight is 187 g/mol. The predicted octanol–water partition coefficient (Wildman–Crippen LogP) is 3.80. The molecule has 0 aliphatic heterocycles. The summed E-state index contributed by atoms with van der Waals surface area (Å²) >= 11 is 0. The fraction of sp³-hybridized carbons (Fsp3) is 1.00. The van der Waals surface area contributed by atoms with Crippen molar-refractivity contribution in [3.63, 3.8) is 0 Å². The lowest BCUT2D eigenvalue weighted by molar-refractivity contribution is 0.337. The summed E-state index contributed by atoms with van der Waals surface area (Å²) in [5.41, 5.74) is 0. The first kappa shape index (κ1) is 10.2. The van der Waals surface area contributed by atoms with Gasteiger partial charge in [0.1, 0.15) is 12.8 Å². The molecule has 0 amide bonds. The molecular weight excluding hydrogens is 167 g/mol. The molecule has 0 radical (unpaired) electrons. The maximum atomic E-state index is 10.8. The molecule has 1 rings (SSSR count). The van der Waals surface area contributed by atoms with Crippen LogP contribution in [0.2, 0.25) is 0 Å². The van der Waals surface area contributed by atoms with Crippen molar-refractivity contribution < 1.29 is 4.57 Å². The van der Waals surface area contributed by atoms with Gasteiger partial charge in [-0.2, -0.15) is 0 Å². The Morgan fingerprint density at radius 3 is 2.50 bits per heavy atom. The highest BCUT2D eigenvalue weighted by Gasteiger charge is 2.14. The molecule has 1 atom stereocenters. The van der Waals surface area contributed by atoms with Gasteiger partial charge in [-0.25, -0.2) is 0 Å². The Kier molecular flexibility index (Phi) is 4.83. The van der Waals surface area contributed by atoms with Gasteiger partial charge < -0.3 is 0 Å². The minimum atomic E-state index is -0.877. The van der Waals surface area contributed by atoms with Crippen LogP contribution in [0.25, 0.3) is 0 Å². The minimum Gasteiger partial charge on any atom is -0.0752 e. The van der Waals surface area contributed by atoms with E-state index in [4.69, 9.17) is 0 Å². The van der Waals surface area contributed by atoms with Crippen LogP contribution in [0.1, 0.15) is 44.9 Å². The zero-order valence-electron chi connectivity index (χ0n) is 8.09. The Morgan fingerprint density at radius 1 is 1.25 bits per heavy atom. The van der Waals surface area contributed by atoms with Crippen molar-refractivity contribution in [3.8, 4) is 0 Å². The van der Waals surface area contributed by atoms with Crippen molar-refractivity contribution in [2.45, 2.75) is 44.9 Å². The van der Waals surface area contributed by atoms with Gasteiger partial charge >= 0.3 is 7.80 Å². The van der Waals surface area contributed by atoms with Crippen LogP contribution in [0.3, 0.4) is 0 Å². The lowest BCUT2D eigenvalue weighted by Gasteiger charge is -2.20. The third-order valence-corrected chi connectivity index (χ3v) is 3.76. The summed E-state index contributed by atoms with van der Waals surface area (Å²) in [4.78, 5) is 0. The highest BCUT2D eigenvalue weighted by Crippen LogP contribution is 2.28. The standard InChI is InChI=1S/C10H20OP/c1-12(11)9-5-8-10-6-3-2-4-7-10/h10H,2-9H2,1H3/q+1. The van der Waals surface area contributed by atoms with Crippen molar-refractivity contribution in [3.05, 3.63) is 0 Å². The fourth-order valence-electron chi connectivity index (χ4n) is 2.08. The third-order valence-electron chi connectivity index (χ3n) is 2.81. The summed E-state index contributed by atoms with van der Waals surface area (Å²) in [6.07, 6.45) is 10.6. The van der Waals surface area contributed by atoms with Crippen molar-refractivity contribution in [1.29, 1.82) is 0 Å². The van der Waals surface area contributed by atoms with E-state index in [1.165, 1.54) is 44.9 Å². The smallest absolute Gasteiger partial charge is 0.0752 e. The summed E-state index contributed by atoms with van der Waals surface area (Å²) in [6, 6.07) is 0. The first-order chi connectivity index (χ1) is 5.79. The molecule has 0 saturated heterocycles. The molecule has 12 heavy (non-hydrogen) atoms. The summed E-state index contributed by atoms with van der Waals surface area (Å²) < 4.78 is 10.8. The van der Waals surface area contributed by atoms with E-state index in [9.17, 15) is 4.57 Å². The van der Waals surface area contributed by atoms with Crippen LogP contribution in [0.15, 0.2) is 0 Å². The van der Waals surface area contributed by atoms with Gasteiger partial charge in [0.05, 0.1) is 0 Å². The Labute approximate surface area is 76.7 Å². The Bertz CT molecular complexity index is 139. The van der Waals surface area contributed by atoms with Crippen LogP contribution < -0.4 is 0 Å². The molecular formula is C10H20OP+. The summed E-state index contributed by atoms with van der Waals surface area (Å²) in [5.74, 6) is 0.966. The quantitative estimate of drug-likeness (QED) is 0.612. The first-order valence-electron chi connectivity index (χ1n) is 5.17. The van der Waals surface area contributed by atoms with E-state index < -0.39 is 7.80 Å². The zero-order chi connectivity index (χ0) is 8.81. The second kappa shape index (κ2) is 5.70. The normalized spacial score (nSPS) is 20.9. The molecule has 0 aromatic heterocycles. The van der Waals surface area contributed by atoms with E-state index in [1.54, 1.807) is 0 Å². The topological polar surface area (TPSA) is 17.1 Å². The lowest BCUT2D eigenvalue weighted by Crippen LogP contribution is -2.06. The van der Waals surface area contributed by atoms with Crippen LogP contribution in [0.5, 0.6) is 0 Å². The fourth-order valence-corrected chi connectivity index (χ4v) is 2.71. The van der Waals surface area contributed by atoms with Crippen LogP contribution in [-0.4, -0.2) is 12.8 Å². The van der Waals surface area contributed by atoms with E-state index in [0.717, 1.165) is 12.1 Å². The van der Waals surface area contributed by atoms with Crippen molar-refractivity contribution in [1.82, 2.24) is 0 Å². The van der Waals surface area contributed by atoms with E-state index in [0.29, 0.717) is 0 Å². The van der Waals surface area contributed by atoms with Gasteiger partial charge in [0.15, 0.2) is 0 Å². The second-order valence-corrected chi connectivity index (χ2v) is 5.70. The van der Waals surface area contributed by atoms with Gasteiger partial charge in [-0.05, 0) is 18.8 Å². The molecule has 1 aliphatic carbocycles. The van der Waals surface area contributed by atoms with Crippen molar-refractivity contribution in [2.24, 2.45) is 5.92 Å². The van der Waals surface area contributed by atoms with Crippen molar-refractivity contribution >= 4 is 7.80 Å². The van der Waals surface area contributed by atoms with E-state index in [-0.39, 0.29) is 0 Å². The summed E-state index contributed by atoms with van der Waals surface area (Å²) in [7, 11) is -0.877. The molecule has 0 aromatic rings. The largest absolute Gasteiger partial charge is 0.335 e. The van der Waals surface area contributed by atoms with Crippen LogP contribution in [0, 0.1) is 5.92 Å². The molecule has 1 aliphatic rings. The highest BCUT2D eigenvalue weighted by atomic mass is 31.1. The lowest BCUT2D eigenvalue weighted by atomic mass is 9.86. The van der Waals surface area contributed by atoms with Crippen molar-refractivity contribution in [2.75, 3.05) is 12.8 Å². The Morgan fingerprint density at radius 2 is 1.92 bits per heavy atom. The first-order valence-corrected chi connectivity index (χ1v) is 7.06. The minimum absolute atomic E-state index is 0.877. The van der Waals surface area contributed by atoms with Crippen LogP contribution in [0.4, 0.5) is 0 Å².